The van der Waals surface area contributed by atoms with Crippen molar-refractivity contribution < 1.29 is 14.3 Å². The van der Waals surface area contributed by atoms with Crippen LogP contribution < -0.4 is 10.3 Å². The molecule has 1 aliphatic rings. The van der Waals surface area contributed by atoms with Gasteiger partial charge in [0, 0.05) is 5.56 Å². The minimum absolute atomic E-state index is 0.422. The van der Waals surface area contributed by atoms with Crippen LogP contribution in [0.1, 0.15) is 11.1 Å². The number of imide groups is 1. The van der Waals surface area contributed by atoms with E-state index in [2.05, 4.69) is 5.43 Å². The molecule has 1 fully saturated rings. The first-order valence-corrected chi connectivity index (χ1v) is 6.56. The summed E-state index contributed by atoms with van der Waals surface area (Å²) in [5, 5.41) is 0. The monoisotopic (exact) mass is 280 g/mol. The molecule has 2 aromatic rings. The molecule has 2 aromatic carbocycles. The molecular weight excluding hydrogens is 266 g/mol. The van der Waals surface area contributed by atoms with Gasteiger partial charge in [0.15, 0.2) is 0 Å². The predicted molar refractivity (Wildman–Crippen MR) is 79.5 cm³/mol. The molecule has 4 amide bonds. The van der Waals surface area contributed by atoms with Crippen molar-refractivity contribution in [1.29, 1.82) is 0 Å². The summed E-state index contributed by atoms with van der Waals surface area (Å²) in [4.78, 5) is 25.5. The van der Waals surface area contributed by atoms with Gasteiger partial charge in [0.2, 0.25) is 0 Å². The van der Waals surface area contributed by atoms with Crippen molar-refractivity contribution in [2.45, 2.75) is 6.92 Å². The number of aryl methyl sites for hydroxylation is 1. The lowest BCUT2D eigenvalue weighted by Gasteiger charge is -2.02. The summed E-state index contributed by atoms with van der Waals surface area (Å²) in [6.07, 6.45) is 1.59. The number of hydrogen-bond acceptors (Lipinski definition) is 2. The van der Waals surface area contributed by atoms with Gasteiger partial charge in [-0.2, -0.15) is 4.79 Å². The van der Waals surface area contributed by atoms with Crippen molar-refractivity contribution in [3.8, 4) is 0 Å². The summed E-state index contributed by atoms with van der Waals surface area (Å²) < 4.78 is 1.19. The standard InChI is InChI=1S/C16H13N3O2/c1-12-6-5-9-14(10-12)19-15(20)17-18(16(19)21)11-13-7-3-2-4-8-13/h2-11H,1H3/p+1/b18-11-. The van der Waals surface area contributed by atoms with Crippen LogP contribution in [-0.4, -0.2) is 23.0 Å². The summed E-state index contributed by atoms with van der Waals surface area (Å²) >= 11 is 0. The minimum Gasteiger partial charge on any atom is -0.216 e. The van der Waals surface area contributed by atoms with E-state index in [1.54, 1.807) is 18.3 Å². The molecule has 1 heterocycles. The number of urea groups is 2. The van der Waals surface area contributed by atoms with E-state index in [0.717, 1.165) is 16.0 Å². The molecule has 1 saturated heterocycles. The van der Waals surface area contributed by atoms with E-state index in [9.17, 15) is 9.59 Å². The molecular formula is C16H14N3O2+. The average Bonchev–Trinajstić information content (AvgIpc) is 2.74. The van der Waals surface area contributed by atoms with Gasteiger partial charge < -0.3 is 0 Å². The molecule has 0 aliphatic carbocycles. The van der Waals surface area contributed by atoms with E-state index >= 15 is 0 Å². The Morgan fingerprint density at radius 2 is 1.81 bits per heavy atom. The Hall–Kier alpha value is -2.95. The number of carbonyl (C=O) groups excluding carboxylic acids is 2. The number of hydrazone groups is 1. The second-order valence-corrected chi connectivity index (χ2v) is 4.78. The highest BCUT2D eigenvalue weighted by atomic mass is 16.2. The Morgan fingerprint density at radius 1 is 1.05 bits per heavy atom. The van der Waals surface area contributed by atoms with Crippen LogP contribution in [0.5, 0.6) is 0 Å². The second-order valence-electron chi connectivity index (χ2n) is 4.78. The van der Waals surface area contributed by atoms with E-state index in [1.807, 2.05) is 49.4 Å². The second kappa shape index (κ2) is 5.20. The largest absolute Gasteiger partial charge is 0.531 e. The van der Waals surface area contributed by atoms with Crippen LogP contribution in [0, 0.1) is 6.92 Å². The Labute approximate surface area is 122 Å². The SMILES string of the molecule is Cc1cccc(N2C(=O)N/[N+](=C\c3ccccc3)C2=O)c1. The number of nitrogens with zero attached hydrogens (tertiary/aromatic N) is 2. The Morgan fingerprint density at radius 3 is 2.52 bits per heavy atom. The van der Waals surface area contributed by atoms with Gasteiger partial charge in [0.05, 0.1) is 0 Å². The topological polar surface area (TPSA) is 52.4 Å². The van der Waals surface area contributed by atoms with Crippen LogP contribution in [0.25, 0.3) is 0 Å². The molecule has 5 nitrogen and oxygen atoms in total. The van der Waals surface area contributed by atoms with Gasteiger partial charge in [-0.25, -0.2) is 4.79 Å². The number of benzene rings is 2. The van der Waals surface area contributed by atoms with Gasteiger partial charge in [0.25, 0.3) is 0 Å². The summed E-state index contributed by atoms with van der Waals surface area (Å²) in [6.45, 7) is 1.91. The van der Waals surface area contributed by atoms with Crippen LogP contribution in [0.4, 0.5) is 15.3 Å². The lowest BCUT2D eigenvalue weighted by Crippen LogP contribution is -2.30. The molecule has 0 radical (unpaired) electrons. The fourth-order valence-electron chi connectivity index (χ4n) is 2.17. The predicted octanol–water partition coefficient (Wildman–Crippen LogP) is 2.69. The van der Waals surface area contributed by atoms with Gasteiger partial charge in [-0.15, -0.1) is 10.3 Å². The number of hydrogen-bond donors (Lipinski definition) is 1. The summed E-state index contributed by atoms with van der Waals surface area (Å²) in [7, 11) is 0. The van der Waals surface area contributed by atoms with Crippen LogP contribution in [-0.2, 0) is 0 Å². The Kier molecular flexibility index (Phi) is 3.23. The number of anilines is 1. The van der Waals surface area contributed by atoms with Crippen LogP contribution >= 0.6 is 0 Å². The first-order valence-electron chi connectivity index (χ1n) is 6.56. The van der Waals surface area contributed by atoms with Crippen molar-refractivity contribution in [3.63, 3.8) is 0 Å². The summed E-state index contributed by atoms with van der Waals surface area (Å²) in [6, 6.07) is 15.7. The molecule has 0 saturated carbocycles. The molecule has 104 valence electrons. The number of nitrogens with one attached hydrogen (secondary N) is 1. The average molecular weight is 280 g/mol. The maximum absolute atomic E-state index is 12.4. The maximum Gasteiger partial charge on any atom is 0.531 e. The number of amides is 4. The highest BCUT2D eigenvalue weighted by Gasteiger charge is 2.44. The fourth-order valence-corrected chi connectivity index (χ4v) is 2.17. The van der Waals surface area contributed by atoms with E-state index in [-0.39, 0.29) is 0 Å². The van der Waals surface area contributed by atoms with Crippen molar-refractivity contribution in [2.24, 2.45) is 0 Å². The molecule has 0 unspecified atom stereocenters. The molecule has 5 heteroatoms. The number of hydrazine groups is 1. The third kappa shape index (κ3) is 2.53. The normalized spacial score (nSPS) is 16.4. The van der Waals surface area contributed by atoms with Crippen LogP contribution in [0.3, 0.4) is 0 Å². The third-order valence-electron chi connectivity index (χ3n) is 3.15. The molecule has 0 aromatic heterocycles. The Bertz CT molecular complexity index is 738. The number of carbonyl (C=O) groups is 2. The lowest BCUT2D eigenvalue weighted by molar-refractivity contribution is -0.458. The van der Waals surface area contributed by atoms with E-state index in [0.29, 0.717) is 5.69 Å². The zero-order valence-electron chi connectivity index (χ0n) is 11.5. The third-order valence-corrected chi connectivity index (χ3v) is 3.15. The molecule has 0 bridgehead atoms. The van der Waals surface area contributed by atoms with Crippen molar-refractivity contribution >= 4 is 24.0 Å². The molecule has 1 aliphatic heterocycles. The molecule has 1 N–H and O–H groups in total. The highest BCUT2D eigenvalue weighted by Crippen LogP contribution is 2.19. The number of rotatable bonds is 2. The van der Waals surface area contributed by atoms with Gasteiger partial charge in [-0.1, -0.05) is 47.1 Å². The fraction of sp³-hybridized carbons (Fsp3) is 0.0625. The molecule has 0 atom stereocenters. The zero-order valence-corrected chi connectivity index (χ0v) is 11.5. The molecule has 0 spiro atoms. The van der Waals surface area contributed by atoms with E-state index in [1.165, 1.54) is 4.68 Å². The van der Waals surface area contributed by atoms with Gasteiger partial charge >= 0.3 is 12.1 Å². The van der Waals surface area contributed by atoms with Gasteiger partial charge in [0.1, 0.15) is 11.9 Å². The molecule has 3 rings (SSSR count). The summed E-state index contributed by atoms with van der Waals surface area (Å²) in [5.74, 6) is 0. The van der Waals surface area contributed by atoms with Crippen molar-refractivity contribution in [2.75, 3.05) is 4.90 Å². The van der Waals surface area contributed by atoms with E-state index < -0.39 is 12.1 Å². The zero-order chi connectivity index (χ0) is 14.8. The van der Waals surface area contributed by atoms with Crippen molar-refractivity contribution in [1.82, 2.24) is 5.43 Å². The van der Waals surface area contributed by atoms with Gasteiger partial charge in [-0.3, -0.25) is 0 Å². The van der Waals surface area contributed by atoms with Crippen molar-refractivity contribution in [3.05, 3.63) is 65.7 Å². The Balaban J connectivity index is 1.94. The smallest absolute Gasteiger partial charge is 0.216 e. The highest BCUT2D eigenvalue weighted by molar-refractivity contribution is 6.14. The molecule has 21 heavy (non-hydrogen) atoms. The first kappa shape index (κ1) is 13.1. The van der Waals surface area contributed by atoms with E-state index in [4.69, 9.17) is 0 Å². The lowest BCUT2D eigenvalue weighted by atomic mass is 10.2. The maximum atomic E-state index is 12.4. The van der Waals surface area contributed by atoms with Crippen LogP contribution in [0.2, 0.25) is 0 Å². The summed E-state index contributed by atoms with van der Waals surface area (Å²) in [5.41, 5.74) is 4.91. The quantitative estimate of drug-likeness (QED) is 0.860. The first-order chi connectivity index (χ1) is 10.1. The minimum atomic E-state index is -0.460. The van der Waals surface area contributed by atoms with Gasteiger partial charge in [-0.05, 0) is 24.6 Å². The van der Waals surface area contributed by atoms with Crippen LogP contribution in [0.15, 0.2) is 54.6 Å².